The summed E-state index contributed by atoms with van der Waals surface area (Å²) < 4.78 is 12.1. The van der Waals surface area contributed by atoms with Crippen LogP contribution in [0.5, 0.6) is 0 Å². The summed E-state index contributed by atoms with van der Waals surface area (Å²) in [6.45, 7) is 11.9. The minimum atomic E-state index is -0.804. The Bertz CT molecular complexity index is 567. The van der Waals surface area contributed by atoms with Gasteiger partial charge in [0.15, 0.2) is 0 Å². The quantitative estimate of drug-likeness (QED) is 0.696. The molecule has 0 amide bonds. The Hall–Kier alpha value is -1.37. The van der Waals surface area contributed by atoms with Crippen molar-refractivity contribution in [3.63, 3.8) is 0 Å². The highest BCUT2D eigenvalue weighted by Crippen LogP contribution is 2.39. The fraction of sp³-hybridized carbons (Fsp3) is 0.588. The van der Waals surface area contributed by atoms with Gasteiger partial charge in [0, 0.05) is 18.3 Å². The number of rotatable bonds is 4. The van der Waals surface area contributed by atoms with Crippen LogP contribution in [-0.2, 0) is 9.31 Å². The van der Waals surface area contributed by atoms with Crippen molar-refractivity contribution in [3.05, 3.63) is 35.5 Å². The van der Waals surface area contributed by atoms with Crippen LogP contribution in [0.15, 0.2) is 35.5 Å². The van der Waals surface area contributed by atoms with E-state index < -0.39 is 12.7 Å². The van der Waals surface area contributed by atoms with Gasteiger partial charge in [0.2, 0.25) is 0 Å². The average Bonchev–Trinajstić information content (AvgIpc) is 2.59. The molecule has 2 aliphatic rings. The van der Waals surface area contributed by atoms with Crippen molar-refractivity contribution >= 4 is 12.8 Å². The normalized spacial score (nSPS) is 25.0. The number of allylic oxidation sites excluding steroid dienone is 5. The van der Waals surface area contributed by atoms with Gasteiger partial charge in [0.25, 0.3) is 0 Å². The highest BCUT2D eigenvalue weighted by atomic mass is 16.7. The molecule has 0 bridgehead atoms. The highest BCUT2D eigenvalue weighted by Gasteiger charge is 2.52. The van der Waals surface area contributed by atoms with Crippen LogP contribution in [0.1, 0.15) is 41.5 Å². The van der Waals surface area contributed by atoms with Crippen LogP contribution in [0, 0.1) is 5.41 Å². The highest BCUT2D eigenvalue weighted by molar-refractivity contribution is 6.56. The molecular weight excluding hydrogens is 291 g/mol. The summed E-state index contributed by atoms with van der Waals surface area (Å²) in [4.78, 5) is 0. The van der Waals surface area contributed by atoms with Crippen molar-refractivity contribution in [3.8, 4) is 0 Å². The summed E-state index contributed by atoms with van der Waals surface area (Å²) in [5.41, 5.74) is 0.453. The van der Waals surface area contributed by atoms with E-state index in [0.717, 1.165) is 11.0 Å². The second kappa shape index (κ2) is 5.93. The minimum Gasteiger partial charge on any atom is -0.399 e. The summed E-state index contributed by atoms with van der Waals surface area (Å²) in [7, 11) is -0.443. The van der Waals surface area contributed by atoms with Crippen molar-refractivity contribution < 1.29 is 14.4 Å². The van der Waals surface area contributed by atoms with Gasteiger partial charge >= 0.3 is 7.12 Å². The fourth-order valence-corrected chi connectivity index (χ4v) is 2.24. The maximum atomic E-state index is 9.74. The smallest absolute Gasteiger partial charge is 0.399 e. The molecule has 6 heteroatoms. The summed E-state index contributed by atoms with van der Waals surface area (Å²) >= 11 is 0. The number of hydrogen-bond donors (Lipinski definition) is 3. The fourth-order valence-electron chi connectivity index (χ4n) is 2.24. The van der Waals surface area contributed by atoms with Crippen molar-refractivity contribution in [2.24, 2.45) is 0 Å². The van der Waals surface area contributed by atoms with Gasteiger partial charge in [-0.15, -0.1) is 0 Å². The van der Waals surface area contributed by atoms with Crippen LogP contribution < -0.4 is 5.32 Å². The van der Waals surface area contributed by atoms with E-state index in [1.807, 2.05) is 39.8 Å². The largest absolute Gasteiger partial charge is 0.494 e. The summed E-state index contributed by atoms with van der Waals surface area (Å²) in [6, 6.07) is 0. The Balaban J connectivity index is 2.14. The predicted molar refractivity (Wildman–Crippen MR) is 93.4 cm³/mol. The van der Waals surface area contributed by atoms with Gasteiger partial charge in [0.1, 0.15) is 0 Å². The van der Waals surface area contributed by atoms with E-state index in [0.29, 0.717) is 12.3 Å². The van der Waals surface area contributed by atoms with E-state index in [1.165, 1.54) is 0 Å². The average molecular weight is 318 g/mol. The van der Waals surface area contributed by atoms with Gasteiger partial charge in [-0.3, -0.25) is 0 Å². The zero-order chi connectivity index (χ0) is 17.5. The molecule has 0 aromatic heterocycles. The van der Waals surface area contributed by atoms with Crippen LogP contribution in [-0.4, -0.2) is 41.3 Å². The molecule has 1 heterocycles. The molecule has 0 aromatic carbocycles. The van der Waals surface area contributed by atoms with Gasteiger partial charge in [0.05, 0.1) is 22.5 Å². The molecule has 1 aliphatic carbocycles. The SMILES string of the molecule is CC(C)(O)CN/C=C1/C=C(B2OC(C)(C)C(C)(C)O2)C=CC1=N. The maximum absolute atomic E-state index is 9.74. The van der Waals surface area contributed by atoms with Gasteiger partial charge in [-0.1, -0.05) is 12.2 Å². The van der Waals surface area contributed by atoms with E-state index in [4.69, 9.17) is 14.7 Å². The lowest BCUT2D eigenvalue weighted by Crippen LogP contribution is -2.41. The maximum Gasteiger partial charge on any atom is 0.494 e. The second-order valence-electron chi connectivity index (χ2n) is 7.77. The van der Waals surface area contributed by atoms with Crippen molar-refractivity contribution in [2.45, 2.75) is 58.3 Å². The van der Waals surface area contributed by atoms with Gasteiger partial charge in [-0.05, 0) is 53.1 Å². The van der Waals surface area contributed by atoms with Crippen LogP contribution in [0.25, 0.3) is 0 Å². The lowest BCUT2D eigenvalue weighted by molar-refractivity contribution is 0.00578. The molecule has 0 saturated carbocycles. The van der Waals surface area contributed by atoms with E-state index in [1.54, 1.807) is 26.1 Å². The van der Waals surface area contributed by atoms with Gasteiger partial charge < -0.3 is 25.1 Å². The topological polar surface area (TPSA) is 74.6 Å². The molecule has 1 saturated heterocycles. The van der Waals surface area contributed by atoms with Crippen molar-refractivity contribution in [2.75, 3.05) is 6.54 Å². The first-order valence-electron chi connectivity index (χ1n) is 7.91. The molecule has 1 fully saturated rings. The lowest BCUT2D eigenvalue weighted by Gasteiger charge is -2.32. The molecule has 0 radical (unpaired) electrons. The van der Waals surface area contributed by atoms with Gasteiger partial charge in [-0.2, -0.15) is 0 Å². The summed E-state index contributed by atoms with van der Waals surface area (Å²) in [5.74, 6) is 0. The Morgan fingerprint density at radius 3 is 2.30 bits per heavy atom. The summed E-state index contributed by atoms with van der Waals surface area (Å²) in [5, 5.41) is 20.8. The monoisotopic (exact) mass is 318 g/mol. The van der Waals surface area contributed by atoms with Crippen LogP contribution in [0.4, 0.5) is 0 Å². The molecule has 126 valence electrons. The standard InChI is InChI=1S/C17H27BN2O3/c1-15(2,21)11-20-10-12-9-13(7-8-14(12)19)18-22-16(3,4)17(5,6)23-18/h7-10,19-21H,11H2,1-6H3/b12-10-,19-14?. The molecule has 0 atom stereocenters. The molecule has 5 nitrogen and oxygen atoms in total. The zero-order valence-electron chi connectivity index (χ0n) is 14.9. The van der Waals surface area contributed by atoms with E-state index in [-0.39, 0.29) is 11.2 Å². The zero-order valence-corrected chi connectivity index (χ0v) is 14.9. The van der Waals surface area contributed by atoms with Gasteiger partial charge in [-0.25, -0.2) is 0 Å². The summed E-state index contributed by atoms with van der Waals surface area (Å²) in [6.07, 6.45) is 7.23. The number of hydrogen-bond acceptors (Lipinski definition) is 5. The molecule has 23 heavy (non-hydrogen) atoms. The minimum absolute atomic E-state index is 0.389. The molecule has 2 rings (SSSR count). The Labute approximate surface area is 139 Å². The Kier molecular flexibility index (Phi) is 4.63. The van der Waals surface area contributed by atoms with Crippen LogP contribution in [0.3, 0.4) is 0 Å². The first-order chi connectivity index (χ1) is 10.4. The first kappa shape index (κ1) is 18.0. The van der Waals surface area contributed by atoms with Crippen LogP contribution >= 0.6 is 0 Å². The molecule has 3 N–H and O–H groups in total. The lowest BCUT2D eigenvalue weighted by atomic mass is 9.74. The number of nitrogens with one attached hydrogen (secondary N) is 2. The van der Waals surface area contributed by atoms with Crippen LogP contribution in [0.2, 0.25) is 0 Å². The number of aliphatic hydroxyl groups is 1. The molecule has 0 spiro atoms. The van der Waals surface area contributed by atoms with E-state index in [9.17, 15) is 5.11 Å². The third-order valence-corrected chi connectivity index (χ3v) is 4.39. The molecule has 0 aromatic rings. The van der Waals surface area contributed by atoms with Crippen molar-refractivity contribution in [1.29, 1.82) is 5.41 Å². The second-order valence-corrected chi connectivity index (χ2v) is 7.77. The van der Waals surface area contributed by atoms with E-state index in [2.05, 4.69) is 5.32 Å². The predicted octanol–water partition coefficient (Wildman–Crippen LogP) is 2.38. The molecular formula is C17H27BN2O3. The Morgan fingerprint density at radius 2 is 1.78 bits per heavy atom. The first-order valence-corrected chi connectivity index (χ1v) is 7.91. The Morgan fingerprint density at radius 1 is 1.22 bits per heavy atom. The third kappa shape index (κ3) is 4.13. The molecule has 1 aliphatic heterocycles. The third-order valence-electron chi connectivity index (χ3n) is 4.39. The van der Waals surface area contributed by atoms with E-state index >= 15 is 0 Å². The molecule has 0 unspecified atom stereocenters. The van der Waals surface area contributed by atoms with Crippen molar-refractivity contribution in [1.82, 2.24) is 5.32 Å².